The Morgan fingerprint density at radius 1 is 1.50 bits per heavy atom. The van der Waals surface area contributed by atoms with Crippen LogP contribution in [0.5, 0.6) is 0 Å². The topological polar surface area (TPSA) is 41.1 Å². The maximum absolute atomic E-state index is 11.5. The number of carbonyl (C=O) groups excluding carboxylic acids is 1. The predicted molar refractivity (Wildman–Crippen MR) is 65.8 cm³/mol. The minimum atomic E-state index is 0.0295. The van der Waals surface area contributed by atoms with E-state index in [0.717, 1.165) is 24.1 Å². The van der Waals surface area contributed by atoms with E-state index in [2.05, 4.69) is 10.6 Å². The normalized spacial score (nSPS) is 14.6. The fourth-order valence-electron chi connectivity index (χ4n) is 1.53. The average Bonchev–Trinajstić information content (AvgIpc) is 3.01. The molecule has 0 aromatic heterocycles. The van der Waals surface area contributed by atoms with Gasteiger partial charge in [0.2, 0.25) is 5.91 Å². The second kappa shape index (κ2) is 4.74. The molecule has 1 aromatic rings. The van der Waals surface area contributed by atoms with Crippen LogP contribution in [0.1, 0.15) is 18.4 Å². The highest BCUT2D eigenvalue weighted by molar-refractivity contribution is 6.33. The number of hydrogen-bond donors (Lipinski definition) is 2. The Labute approximate surface area is 100 Å². The molecule has 1 amide bonds. The monoisotopic (exact) mass is 238 g/mol. The smallest absolute Gasteiger partial charge is 0.239 e. The van der Waals surface area contributed by atoms with Crippen LogP contribution in [0.15, 0.2) is 18.2 Å². The molecule has 1 aliphatic carbocycles. The summed E-state index contributed by atoms with van der Waals surface area (Å²) < 4.78 is 0. The molecule has 1 aliphatic rings. The summed E-state index contributed by atoms with van der Waals surface area (Å²) in [6.45, 7) is 2.24. The van der Waals surface area contributed by atoms with Crippen molar-refractivity contribution in [2.24, 2.45) is 0 Å². The van der Waals surface area contributed by atoms with Gasteiger partial charge in [-0.2, -0.15) is 0 Å². The van der Waals surface area contributed by atoms with Crippen LogP contribution in [0.3, 0.4) is 0 Å². The van der Waals surface area contributed by atoms with Crippen LogP contribution in [0.2, 0.25) is 5.02 Å². The summed E-state index contributed by atoms with van der Waals surface area (Å²) in [5.74, 6) is 0.0295. The molecule has 0 saturated heterocycles. The van der Waals surface area contributed by atoms with Gasteiger partial charge in [0.25, 0.3) is 0 Å². The molecular weight excluding hydrogens is 224 g/mol. The Bertz CT molecular complexity index is 382. The van der Waals surface area contributed by atoms with Crippen LogP contribution in [0.4, 0.5) is 5.69 Å². The van der Waals surface area contributed by atoms with Crippen molar-refractivity contribution in [3.63, 3.8) is 0 Å². The maximum atomic E-state index is 11.5. The first-order valence-corrected chi connectivity index (χ1v) is 5.83. The molecule has 4 heteroatoms. The quantitative estimate of drug-likeness (QED) is 0.846. The summed E-state index contributed by atoms with van der Waals surface area (Å²) in [4.78, 5) is 11.5. The lowest BCUT2D eigenvalue weighted by Gasteiger charge is -2.11. The highest BCUT2D eigenvalue weighted by Crippen LogP contribution is 2.25. The van der Waals surface area contributed by atoms with Crippen molar-refractivity contribution < 1.29 is 4.79 Å². The number of rotatable bonds is 4. The summed E-state index contributed by atoms with van der Waals surface area (Å²) in [5.41, 5.74) is 1.89. The minimum absolute atomic E-state index is 0.0295. The van der Waals surface area contributed by atoms with E-state index in [0.29, 0.717) is 11.1 Å². The molecule has 0 spiro atoms. The zero-order valence-electron chi connectivity index (χ0n) is 9.22. The molecule has 2 N–H and O–H groups in total. The van der Waals surface area contributed by atoms with Gasteiger partial charge in [0.05, 0.1) is 17.3 Å². The van der Waals surface area contributed by atoms with Crippen LogP contribution in [0, 0.1) is 6.92 Å². The van der Waals surface area contributed by atoms with E-state index in [1.54, 1.807) is 0 Å². The highest BCUT2D eigenvalue weighted by atomic mass is 35.5. The van der Waals surface area contributed by atoms with Gasteiger partial charge in [-0.05, 0) is 31.4 Å². The van der Waals surface area contributed by atoms with E-state index >= 15 is 0 Å². The molecule has 1 fully saturated rings. The number of amides is 1. The fraction of sp³-hybridized carbons (Fsp3) is 0.417. The zero-order valence-corrected chi connectivity index (χ0v) is 9.97. The van der Waals surface area contributed by atoms with Gasteiger partial charge in [-0.25, -0.2) is 0 Å². The maximum Gasteiger partial charge on any atom is 0.239 e. The number of hydrogen-bond acceptors (Lipinski definition) is 2. The second-order valence-electron chi connectivity index (χ2n) is 4.13. The minimum Gasteiger partial charge on any atom is -0.375 e. The van der Waals surface area contributed by atoms with Gasteiger partial charge in [-0.3, -0.25) is 4.79 Å². The first kappa shape index (κ1) is 11.3. The van der Waals surface area contributed by atoms with Crippen molar-refractivity contribution in [2.45, 2.75) is 25.8 Å². The fourth-order valence-corrected chi connectivity index (χ4v) is 1.82. The Balaban J connectivity index is 1.90. The molecule has 86 valence electrons. The molecule has 16 heavy (non-hydrogen) atoms. The summed E-state index contributed by atoms with van der Waals surface area (Å²) >= 11 is 6.04. The molecular formula is C12H15ClN2O. The second-order valence-corrected chi connectivity index (χ2v) is 4.53. The van der Waals surface area contributed by atoms with E-state index in [9.17, 15) is 4.79 Å². The van der Waals surface area contributed by atoms with Gasteiger partial charge in [-0.15, -0.1) is 0 Å². The third-order valence-electron chi connectivity index (χ3n) is 2.59. The number of nitrogens with one attached hydrogen (secondary N) is 2. The predicted octanol–water partition coefficient (Wildman–Crippen LogP) is 2.34. The van der Waals surface area contributed by atoms with Crippen molar-refractivity contribution in [3.05, 3.63) is 28.8 Å². The van der Waals surface area contributed by atoms with Crippen molar-refractivity contribution in [3.8, 4) is 0 Å². The van der Waals surface area contributed by atoms with Gasteiger partial charge < -0.3 is 10.6 Å². The Morgan fingerprint density at radius 2 is 2.25 bits per heavy atom. The van der Waals surface area contributed by atoms with Crippen molar-refractivity contribution in [1.29, 1.82) is 0 Å². The molecule has 0 aliphatic heterocycles. The van der Waals surface area contributed by atoms with Crippen LogP contribution in [0.25, 0.3) is 0 Å². The number of para-hydroxylation sites is 1. The number of carbonyl (C=O) groups is 1. The molecule has 0 radical (unpaired) electrons. The van der Waals surface area contributed by atoms with Crippen LogP contribution in [-0.4, -0.2) is 18.5 Å². The molecule has 0 heterocycles. The average molecular weight is 239 g/mol. The first-order valence-electron chi connectivity index (χ1n) is 5.45. The van der Waals surface area contributed by atoms with Gasteiger partial charge in [0.1, 0.15) is 0 Å². The number of benzene rings is 1. The summed E-state index contributed by atoms with van der Waals surface area (Å²) in [7, 11) is 0. The SMILES string of the molecule is Cc1cccc(Cl)c1NCC(=O)NC1CC1. The van der Waals surface area contributed by atoms with Gasteiger partial charge in [0, 0.05) is 6.04 Å². The Morgan fingerprint density at radius 3 is 2.88 bits per heavy atom. The molecule has 0 bridgehead atoms. The van der Waals surface area contributed by atoms with E-state index in [4.69, 9.17) is 11.6 Å². The van der Waals surface area contributed by atoms with E-state index in [1.807, 2.05) is 25.1 Å². The van der Waals surface area contributed by atoms with E-state index < -0.39 is 0 Å². The van der Waals surface area contributed by atoms with Crippen molar-refractivity contribution in [1.82, 2.24) is 5.32 Å². The third kappa shape index (κ3) is 2.89. The number of aryl methyl sites for hydroxylation is 1. The van der Waals surface area contributed by atoms with Gasteiger partial charge >= 0.3 is 0 Å². The molecule has 1 saturated carbocycles. The summed E-state index contributed by atoms with van der Waals surface area (Å²) in [6.07, 6.45) is 2.22. The highest BCUT2D eigenvalue weighted by Gasteiger charge is 2.22. The molecule has 0 unspecified atom stereocenters. The van der Waals surface area contributed by atoms with E-state index in [-0.39, 0.29) is 12.5 Å². The zero-order chi connectivity index (χ0) is 11.5. The Hall–Kier alpha value is -1.22. The number of halogens is 1. The molecule has 0 atom stereocenters. The van der Waals surface area contributed by atoms with Crippen molar-refractivity contribution >= 4 is 23.2 Å². The van der Waals surface area contributed by atoms with Crippen molar-refractivity contribution in [2.75, 3.05) is 11.9 Å². The van der Waals surface area contributed by atoms with Crippen LogP contribution in [-0.2, 0) is 4.79 Å². The standard InChI is InChI=1S/C12H15ClN2O/c1-8-3-2-4-10(13)12(8)14-7-11(16)15-9-5-6-9/h2-4,9,14H,5-7H2,1H3,(H,15,16). The Kier molecular flexibility index (Phi) is 3.34. The van der Waals surface area contributed by atoms with E-state index in [1.165, 1.54) is 0 Å². The third-order valence-corrected chi connectivity index (χ3v) is 2.91. The van der Waals surface area contributed by atoms with Crippen LogP contribution >= 0.6 is 11.6 Å². The number of anilines is 1. The lowest BCUT2D eigenvalue weighted by Crippen LogP contribution is -2.31. The molecule has 2 rings (SSSR count). The lowest BCUT2D eigenvalue weighted by atomic mass is 10.2. The first-order chi connectivity index (χ1) is 7.66. The lowest BCUT2D eigenvalue weighted by molar-refractivity contribution is -0.119. The molecule has 3 nitrogen and oxygen atoms in total. The van der Waals surface area contributed by atoms with Gasteiger partial charge in [-0.1, -0.05) is 23.7 Å². The summed E-state index contributed by atoms with van der Waals surface area (Å²) in [6, 6.07) is 6.08. The van der Waals surface area contributed by atoms with Gasteiger partial charge in [0.15, 0.2) is 0 Å². The van der Waals surface area contributed by atoms with Crippen LogP contribution < -0.4 is 10.6 Å². The molecule has 1 aromatic carbocycles. The largest absolute Gasteiger partial charge is 0.375 e. The summed E-state index contributed by atoms with van der Waals surface area (Å²) in [5, 5.41) is 6.64.